The van der Waals surface area contributed by atoms with Crippen molar-refractivity contribution >= 4 is 12.4 Å². The van der Waals surface area contributed by atoms with Gasteiger partial charge in [0.2, 0.25) is 0 Å². The zero-order valence-electron chi connectivity index (χ0n) is 15.6. The van der Waals surface area contributed by atoms with E-state index in [2.05, 4.69) is 10.2 Å². The van der Waals surface area contributed by atoms with Gasteiger partial charge in [-0.3, -0.25) is 4.90 Å². The number of benzene rings is 1. The second kappa shape index (κ2) is 8.40. The summed E-state index contributed by atoms with van der Waals surface area (Å²) in [6.45, 7) is 5.35. The Labute approximate surface area is 167 Å². The van der Waals surface area contributed by atoms with Crippen LogP contribution in [0.25, 0.3) is 0 Å². The summed E-state index contributed by atoms with van der Waals surface area (Å²) in [5, 5.41) is 3.33. The fourth-order valence-corrected chi connectivity index (χ4v) is 4.23. The second-order valence-electron chi connectivity index (χ2n) is 7.89. The van der Waals surface area contributed by atoms with E-state index in [0.717, 1.165) is 12.1 Å². The van der Waals surface area contributed by atoms with Gasteiger partial charge in [-0.2, -0.15) is 26.3 Å². The highest BCUT2D eigenvalue weighted by molar-refractivity contribution is 5.85. The van der Waals surface area contributed by atoms with Gasteiger partial charge < -0.3 is 5.32 Å². The van der Waals surface area contributed by atoms with Crippen LogP contribution in [0.1, 0.15) is 43.9 Å². The van der Waals surface area contributed by atoms with Gasteiger partial charge in [0, 0.05) is 31.2 Å². The molecule has 1 aliphatic heterocycles. The number of piperazine rings is 1. The third-order valence-corrected chi connectivity index (χ3v) is 5.83. The predicted molar refractivity (Wildman–Crippen MR) is 97.3 cm³/mol. The van der Waals surface area contributed by atoms with Gasteiger partial charge in [-0.25, -0.2) is 0 Å². The summed E-state index contributed by atoms with van der Waals surface area (Å²) in [7, 11) is 0. The molecule has 1 unspecified atom stereocenters. The molecule has 28 heavy (non-hydrogen) atoms. The van der Waals surface area contributed by atoms with E-state index < -0.39 is 23.8 Å². The molecule has 1 saturated carbocycles. The van der Waals surface area contributed by atoms with Crippen LogP contribution in [-0.2, 0) is 6.18 Å². The van der Waals surface area contributed by atoms with Crippen LogP contribution < -0.4 is 5.32 Å². The minimum atomic E-state index is -4.43. The lowest BCUT2D eigenvalue weighted by Crippen LogP contribution is -2.57. The van der Waals surface area contributed by atoms with E-state index >= 15 is 0 Å². The van der Waals surface area contributed by atoms with Crippen LogP contribution in [0.5, 0.6) is 0 Å². The Balaban J connectivity index is 0.00000280. The maximum absolute atomic E-state index is 13.0. The predicted octanol–water partition coefficient (Wildman–Crippen LogP) is 5.44. The maximum atomic E-state index is 13.0. The van der Waals surface area contributed by atoms with E-state index in [9.17, 15) is 26.3 Å². The number of halogens is 7. The molecule has 2 fully saturated rings. The third kappa shape index (κ3) is 4.94. The Kier molecular flexibility index (Phi) is 6.99. The largest absolute Gasteiger partial charge is 0.416 e. The molecule has 3 atom stereocenters. The van der Waals surface area contributed by atoms with E-state index in [1.54, 1.807) is 0 Å². The third-order valence-electron chi connectivity index (χ3n) is 5.83. The molecule has 160 valence electrons. The van der Waals surface area contributed by atoms with Crippen LogP contribution in [-0.4, -0.2) is 36.2 Å². The Bertz CT molecular complexity index is 639. The quantitative estimate of drug-likeness (QED) is 0.642. The number of nitrogens with one attached hydrogen (secondary N) is 1. The Hall–Kier alpha value is -0.990. The Morgan fingerprint density at radius 1 is 1.00 bits per heavy atom. The summed E-state index contributed by atoms with van der Waals surface area (Å²) in [4.78, 5) is 2.15. The Morgan fingerprint density at radius 3 is 2.07 bits per heavy atom. The summed E-state index contributed by atoms with van der Waals surface area (Å²) in [5.74, 6) is -1.52. The fourth-order valence-electron chi connectivity index (χ4n) is 4.23. The number of nitrogens with zero attached hydrogens (tertiary/aromatic N) is 1. The zero-order chi connectivity index (χ0) is 20.0. The first-order valence-corrected chi connectivity index (χ1v) is 9.19. The van der Waals surface area contributed by atoms with E-state index in [-0.39, 0.29) is 49.3 Å². The van der Waals surface area contributed by atoms with Crippen molar-refractivity contribution in [1.82, 2.24) is 10.2 Å². The van der Waals surface area contributed by atoms with Gasteiger partial charge in [0.15, 0.2) is 0 Å². The van der Waals surface area contributed by atoms with Crippen molar-refractivity contribution in [2.75, 3.05) is 13.1 Å². The van der Waals surface area contributed by atoms with Gasteiger partial charge in [0.1, 0.15) is 0 Å². The molecule has 1 aliphatic carbocycles. The molecule has 0 bridgehead atoms. The van der Waals surface area contributed by atoms with E-state index in [1.807, 2.05) is 13.8 Å². The topological polar surface area (TPSA) is 15.3 Å². The molecule has 1 saturated heterocycles. The van der Waals surface area contributed by atoms with Crippen LogP contribution in [0.3, 0.4) is 0 Å². The highest BCUT2D eigenvalue weighted by atomic mass is 35.5. The lowest BCUT2D eigenvalue weighted by molar-refractivity contribution is -0.211. The summed E-state index contributed by atoms with van der Waals surface area (Å²) >= 11 is 0. The first kappa shape index (κ1) is 23.3. The van der Waals surface area contributed by atoms with E-state index in [4.69, 9.17) is 0 Å². The molecule has 0 amide bonds. The maximum Gasteiger partial charge on any atom is 0.416 e. The highest BCUT2D eigenvalue weighted by Crippen LogP contribution is 2.51. The van der Waals surface area contributed by atoms with Crippen molar-refractivity contribution < 1.29 is 26.3 Å². The molecule has 9 heteroatoms. The molecule has 0 aromatic heterocycles. The highest BCUT2D eigenvalue weighted by Gasteiger charge is 2.51. The molecule has 0 spiro atoms. The van der Waals surface area contributed by atoms with Crippen molar-refractivity contribution in [2.45, 2.75) is 57.2 Å². The average Bonchev–Trinajstić information content (AvgIpc) is 2.51. The molecule has 0 radical (unpaired) electrons. The lowest BCUT2D eigenvalue weighted by Gasteiger charge is -2.50. The van der Waals surface area contributed by atoms with Crippen molar-refractivity contribution in [3.05, 3.63) is 35.4 Å². The minimum Gasteiger partial charge on any atom is -0.311 e. The first-order chi connectivity index (χ1) is 12.5. The number of rotatable bonds is 3. The van der Waals surface area contributed by atoms with Crippen molar-refractivity contribution in [3.63, 3.8) is 0 Å². The van der Waals surface area contributed by atoms with Crippen LogP contribution in [0.15, 0.2) is 24.3 Å². The number of hydrogen-bond donors (Lipinski definition) is 1. The van der Waals surface area contributed by atoms with Gasteiger partial charge in [-0.15, -0.1) is 12.4 Å². The monoisotopic (exact) mass is 430 g/mol. The molecule has 1 aromatic rings. The molecule has 1 aromatic carbocycles. The molecule has 1 N–H and O–H groups in total. The van der Waals surface area contributed by atoms with E-state index in [1.165, 1.54) is 12.1 Å². The van der Waals surface area contributed by atoms with Gasteiger partial charge in [-0.1, -0.05) is 12.1 Å². The molecular formula is C19H25ClF6N2. The molecular weight excluding hydrogens is 406 g/mol. The van der Waals surface area contributed by atoms with Crippen molar-refractivity contribution in [3.8, 4) is 0 Å². The van der Waals surface area contributed by atoms with Gasteiger partial charge >= 0.3 is 12.4 Å². The molecule has 3 rings (SSSR count). The van der Waals surface area contributed by atoms with Crippen LogP contribution in [0, 0.1) is 11.8 Å². The fraction of sp³-hybridized carbons (Fsp3) is 0.684. The minimum absolute atomic E-state index is 0. The van der Waals surface area contributed by atoms with Crippen LogP contribution in [0.2, 0.25) is 0 Å². The molecule has 1 heterocycles. The molecule has 2 nitrogen and oxygen atoms in total. The van der Waals surface area contributed by atoms with E-state index in [0.29, 0.717) is 18.7 Å². The van der Waals surface area contributed by atoms with Crippen molar-refractivity contribution in [1.29, 1.82) is 0 Å². The number of hydrogen-bond acceptors (Lipinski definition) is 2. The standard InChI is InChI=1S/C19H24F6N2.ClH/c1-11-10-27(12(2)9-26-11)17(14-7-16(8-14)19(23,24)25)13-3-5-15(6-4-13)18(20,21)22;/h3-6,11-12,14,16-17,26H,7-10H2,1-2H3;1H/t11-,12+,14-,16-,17?;/m0./s1. The smallest absolute Gasteiger partial charge is 0.311 e. The normalized spacial score (nSPS) is 30.3. The van der Waals surface area contributed by atoms with Crippen LogP contribution in [0.4, 0.5) is 26.3 Å². The average molecular weight is 431 g/mol. The zero-order valence-corrected chi connectivity index (χ0v) is 16.5. The summed E-state index contributed by atoms with van der Waals surface area (Å²) < 4.78 is 77.5. The van der Waals surface area contributed by atoms with Gasteiger partial charge in [-0.05, 0) is 50.3 Å². The lowest BCUT2D eigenvalue weighted by atomic mass is 9.68. The van der Waals surface area contributed by atoms with Gasteiger partial charge in [0.05, 0.1) is 11.5 Å². The molecule has 2 aliphatic rings. The summed E-state index contributed by atoms with van der Waals surface area (Å²) in [6, 6.07) is 4.87. The first-order valence-electron chi connectivity index (χ1n) is 9.19. The van der Waals surface area contributed by atoms with Crippen molar-refractivity contribution in [2.24, 2.45) is 11.8 Å². The van der Waals surface area contributed by atoms with Crippen LogP contribution >= 0.6 is 12.4 Å². The van der Waals surface area contributed by atoms with Gasteiger partial charge in [0.25, 0.3) is 0 Å². The second-order valence-corrected chi connectivity index (χ2v) is 7.89. The summed E-state index contributed by atoms with van der Waals surface area (Å²) in [6.07, 6.45) is -8.58. The number of alkyl halides is 6. The SMILES string of the molecule is C[C@@H]1CN[C@@H](C)CN1C(c1ccc(C(F)(F)F)cc1)[C@H]1C[C@H](C(F)(F)F)C1.Cl. The Morgan fingerprint density at radius 2 is 1.57 bits per heavy atom. The summed E-state index contributed by atoms with van der Waals surface area (Å²) in [5.41, 5.74) is -0.0805.